The summed E-state index contributed by atoms with van der Waals surface area (Å²) in [4.78, 5) is 0. The first-order valence-corrected chi connectivity index (χ1v) is 1.97. The second-order valence-electron chi connectivity index (χ2n) is 1.47. The number of rotatable bonds is 1. The van der Waals surface area contributed by atoms with Crippen LogP contribution in [0.15, 0.2) is 0 Å². The van der Waals surface area contributed by atoms with Gasteiger partial charge in [0.15, 0.2) is 0 Å². The van der Waals surface area contributed by atoms with Crippen LogP contribution in [0.4, 0.5) is 0 Å². The molecule has 1 aliphatic rings. The van der Waals surface area contributed by atoms with Crippen molar-refractivity contribution in [3.05, 3.63) is 6.42 Å². The second kappa shape index (κ2) is 0.902. The molecule has 0 aromatic carbocycles. The van der Waals surface area contributed by atoms with Crippen LogP contribution in [0, 0.1) is 12.3 Å². The monoisotopic (exact) mass is 70.1 g/mol. The van der Waals surface area contributed by atoms with Gasteiger partial charge in [-0.05, 0) is 0 Å². The topological polar surface area (TPSA) is 26.0 Å². The summed E-state index contributed by atoms with van der Waals surface area (Å²) >= 11 is 0. The minimum absolute atomic E-state index is 0.787. The molecule has 0 aromatic rings. The highest BCUT2D eigenvalue weighted by atomic mass is 14.6. The molecule has 0 aliphatic heterocycles. The third-order valence-electron chi connectivity index (χ3n) is 0.872. The molecule has 0 radical (unpaired) electrons. The minimum Gasteiger partial charge on any atom is -0.326 e. The highest BCUT2D eigenvalue weighted by Gasteiger charge is 2.32. The standard InChI is InChI=1S/C4H8N/c5-3-4-1-2-4/h1,4H,2-3,5H2/q+1. The van der Waals surface area contributed by atoms with Gasteiger partial charge >= 0.3 is 0 Å². The molecule has 0 bridgehead atoms. The van der Waals surface area contributed by atoms with E-state index >= 15 is 0 Å². The van der Waals surface area contributed by atoms with Gasteiger partial charge in [0.2, 0.25) is 0 Å². The normalized spacial score (nSPS) is 32.6. The van der Waals surface area contributed by atoms with Gasteiger partial charge in [0.05, 0.1) is 6.42 Å². The predicted octanol–water partition coefficient (Wildman–Crippen LogP) is 0.169. The van der Waals surface area contributed by atoms with Crippen molar-refractivity contribution in [3.63, 3.8) is 0 Å². The van der Waals surface area contributed by atoms with Crippen LogP contribution >= 0.6 is 0 Å². The van der Waals surface area contributed by atoms with E-state index in [0.29, 0.717) is 0 Å². The van der Waals surface area contributed by atoms with E-state index in [2.05, 4.69) is 6.42 Å². The van der Waals surface area contributed by atoms with Crippen LogP contribution < -0.4 is 5.73 Å². The summed E-state index contributed by atoms with van der Waals surface area (Å²) < 4.78 is 0. The van der Waals surface area contributed by atoms with Crippen LogP contribution in [0.25, 0.3) is 0 Å². The summed E-state index contributed by atoms with van der Waals surface area (Å²) in [6, 6.07) is 0. The van der Waals surface area contributed by atoms with Gasteiger partial charge in [0.25, 0.3) is 0 Å². The molecule has 2 N–H and O–H groups in total. The van der Waals surface area contributed by atoms with Crippen molar-refractivity contribution < 1.29 is 0 Å². The fraction of sp³-hybridized carbons (Fsp3) is 0.750. The predicted molar refractivity (Wildman–Crippen MR) is 21.5 cm³/mol. The molecule has 1 rings (SSSR count). The van der Waals surface area contributed by atoms with E-state index < -0.39 is 0 Å². The molecule has 1 fully saturated rings. The zero-order chi connectivity index (χ0) is 3.70. The third-order valence-corrected chi connectivity index (χ3v) is 0.872. The molecular formula is C4H8N+. The summed E-state index contributed by atoms with van der Waals surface area (Å²) in [5, 5.41) is 0. The number of hydrogen-bond donors (Lipinski definition) is 1. The average Bonchev–Trinajstić information content (AvgIpc) is 2.12. The number of hydrogen-bond acceptors (Lipinski definition) is 1. The molecule has 1 nitrogen and oxygen atoms in total. The molecule has 0 heterocycles. The van der Waals surface area contributed by atoms with Gasteiger partial charge in [-0.2, -0.15) is 0 Å². The Balaban J connectivity index is 2.00. The van der Waals surface area contributed by atoms with Crippen LogP contribution in [0.1, 0.15) is 6.42 Å². The first-order chi connectivity index (χ1) is 2.43. The van der Waals surface area contributed by atoms with Crippen molar-refractivity contribution in [1.82, 2.24) is 0 Å². The zero-order valence-corrected chi connectivity index (χ0v) is 3.15. The van der Waals surface area contributed by atoms with Gasteiger partial charge in [-0.1, -0.05) is 0 Å². The zero-order valence-electron chi connectivity index (χ0n) is 3.15. The van der Waals surface area contributed by atoms with Crippen molar-refractivity contribution in [1.29, 1.82) is 0 Å². The molecule has 5 heavy (non-hydrogen) atoms. The first-order valence-electron chi connectivity index (χ1n) is 1.97. The second-order valence-corrected chi connectivity index (χ2v) is 1.47. The molecule has 0 amide bonds. The van der Waals surface area contributed by atoms with Gasteiger partial charge in [-0.15, -0.1) is 0 Å². The molecule has 28 valence electrons. The van der Waals surface area contributed by atoms with E-state index in [1.165, 1.54) is 6.42 Å². The van der Waals surface area contributed by atoms with Crippen LogP contribution in [-0.2, 0) is 0 Å². The van der Waals surface area contributed by atoms with E-state index in [9.17, 15) is 0 Å². The lowest BCUT2D eigenvalue weighted by molar-refractivity contribution is 0.873. The maximum atomic E-state index is 5.20. The molecule has 1 aliphatic carbocycles. The minimum atomic E-state index is 0.787. The summed E-state index contributed by atoms with van der Waals surface area (Å²) in [5.74, 6) is 0.787. The third kappa shape index (κ3) is 0.550. The van der Waals surface area contributed by atoms with Gasteiger partial charge in [-0.25, -0.2) is 0 Å². The Kier molecular flexibility index (Phi) is 0.548. The first kappa shape index (κ1) is 3.04. The summed E-state index contributed by atoms with van der Waals surface area (Å²) in [7, 11) is 0. The van der Waals surface area contributed by atoms with E-state index in [4.69, 9.17) is 5.73 Å². The van der Waals surface area contributed by atoms with Crippen LogP contribution in [0.3, 0.4) is 0 Å². The fourth-order valence-corrected chi connectivity index (χ4v) is 0.289. The van der Waals surface area contributed by atoms with Crippen LogP contribution in [0.5, 0.6) is 0 Å². The summed E-state index contributed by atoms with van der Waals surface area (Å²) in [6.07, 6.45) is 3.48. The molecule has 0 aromatic heterocycles. The van der Waals surface area contributed by atoms with Crippen molar-refractivity contribution in [3.8, 4) is 0 Å². The molecule has 1 unspecified atom stereocenters. The SMILES string of the molecule is NCC1[CH+]C1. The highest BCUT2D eigenvalue weighted by Crippen LogP contribution is 2.24. The average molecular weight is 70.1 g/mol. The van der Waals surface area contributed by atoms with Crippen molar-refractivity contribution in [2.75, 3.05) is 6.54 Å². The van der Waals surface area contributed by atoms with Crippen LogP contribution in [0.2, 0.25) is 0 Å². The quantitative estimate of drug-likeness (QED) is 0.437. The Morgan fingerprint density at radius 2 is 2.60 bits per heavy atom. The van der Waals surface area contributed by atoms with Gasteiger partial charge in [0.1, 0.15) is 12.3 Å². The molecule has 1 atom stereocenters. The van der Waals surface area contributed by atoms with Crippen molar-refractivity contribution >= 4 is 0 Å². The maximum absolute atomic E-state index is 5.20. The largest absolute Gasteiger partial charge is 0.326 e. The Hall–Kier alpha value is -0.170. The van der Waals surface area contributed by atoms with Gasteiger partial charge in [0, 0.05) is 6.54 Å². The van der Waals surface area contributed by atoms with Gasteiger partial charge < -0.3 is 5.73 Å². The lowest BCUT2D eigenvalue weighted by Crippen LogP contribution is -1.98. The van der Waals surface area contributed by atoms with E-state index in [-0.39, 0.29) is 0 Å². The summed E-state index contributed by atoms with van der Waals surface area (Å²) in [5.41, 5.74) is 5.20. The van der Waals surface area contributed by atoms with Crippen molar-refractivity contribution in [2.45, 2.75) is 6.42 Å². The van der Waals surface area contributed by atoms with Crippen molar-refractivity contribution in [2.24, 2.45) is 11.7 Å². The number of nitrogens with two attached hydrogens (primary N) is 1. The molecule has 0 saturated heterocycles. The molecular weight excluding hydrogens is 62.1 g/mol. The molecule has 0 spiro atoms. The van der Waals surface area contributed by atoms with Crippen LogP contribution in [-0.4, -0.2) is 6.54 Å². The maximum Gasteiger partial charge on any atom is 0.150 e. The summed E-state index contributed by atoms with van der Waals surface area (Å²) in [6.45, 7) is 0.861. The van der Waals surface area contributed by atoms with Gasteiger partial charge in [-0.3, -0.25) is 0 Å². The smallest absolute Gasteiger partial charge is 0.150 e. The van der Waals surface area contributed by atoms with E-state index in [0.717, 1.165) is 12.5 Å². The van der Waals surface area contributed by atoms with E-state index in [1.807, 2.05) is 0 Å². The lowest BCUT2D eigenvalue weighted by atomic mass is 10.5. The van der Waals surface area contributed by atoms with E-state index in [1.54, 1.807) is 0 Å². The fourth-order valence-electron chi connectivity index (χ4n) is 0.289. The highest BCUT2D eigenvalue weighted by molar-refractivity contribution is 4.94. The Labute approximate surface area is 32.2 Å². The lowest BCUT2D eigenvalue weighted by Gasteiger charge is -1.65. The Morgan fingerprint density at radius 3 is 2.60 bits per heavy atom. The molecule has 1 saturated carbocycles. The Bertz CT molecular complexity index is 30.6. The molecule has 1 heteroatoms. The Morgan fingerprint density at radius 1 is 2.00 bits per heavy atom.